The van der Waals surface area contributed by atoms with Gasteiger partial charge < -0.3 is 9.80 Å². The number of carbonyl (C=O) groups excluding carboxylic acids is 1. The predicted octanol–water partition coefficient (Wildman–Crippen LogP) is 1.51. The van der Waals surface area contributed by atoms with Crippen molar-refractivity contribution in [3.8, 4) is 5.69 Å². The smallest absolute Gasteiger partial charge is 0.254 e. The molecule has 5 rings (SSSR count). The number of nitrogens with zero attached hydrogens (tertiary/aromatic N) is 8. The summed E-state index contributed by atoms with van der Waals surface area (Å²) in [6.07, 6.45) is 5.56. The first-order chi connectivity index (χ1) is 14.7. The molecule has 1 aromatic carbocycles. The molecule has 0 radical (unpaired) electrons. The molecular formula is C21H22N8O. The highest BCUT2D eigenvalue weighted by atomic mass is 16.2. The van der Waals surface area contributed by atoms with E-state index in [4.69, 9.17) is 0 Å². The maximum atomic E-state index is 12.8. The number of hydrogen-bond acceptors (Lipinski definition) is 6. The van der Waals surface area contributed by atoms with Crippen LogP contribution in [0.4, 0.5) is 5.82 Å². The zero-order valence-corrected chi connectivity index (χ0v) is 16.7. The van der Waals surface area contributed by atoms with Crippen LogP contribution in [0, 0.1) is 6.92 Å². The number of rotatable bonds is 4. The normalized spacial score (nSPS) is 14.4. The number of para-hydroxylation sites is 1. The number of piperazine rings is 1. The molecule has 0 aliphatic carbocycles. The third-order valence-corrected chi connectivity index (χ3v) is 5.33. The Morgan fingerprint density at radius 3 is 2.67 bits per heavy atom. The summed E-state index contributed by atoms with van der Waals surface area (Å²) in [6.45, 7) is 4.78. The second kappa shape index (κ2) is 7.58. The molecule has 0 spiro atoms. The van der Waals surface area contributed by atoms with Gasteiger partial charge in [-0.1, -0.05) is 18.2 Å². The molecule has 152 valence electrons. The van der Waals surface area contributed by atoms with Gasteiger partial charge in [-0.2, -0.15) is 19.7 Å². The van der Waals surface area contributed by atoms with Gasteiger partial charge in [0.2, 0.25) is 5.91 Å². The van der Waals surface area contributed by atoms with Gasteiger partial charge in [-0.05, 0) is 24.6 Å². The van der Waals surface area contributed by atoms with Crippen molar-refractivity contribution in [2.45, 2.75) is 13.3 Å². The molecule has 4 aromatic rings. The van der Waals surface area contributed by atoms with Crippen molar-refractivity contribution in [1.29, 1.82) is 0 Å². The summed E-state index contributed by atoms with van der Waals surface area (Å²) in [5, 5.41) is 8.67. The van der Waals surface area contributed by atoms with Crippen LogP contribution in [0.5, 0.6) is 0 Å². The lowest BCUT2D eigenvalue weighted by molar-refractivity contribution is -0.130. The molecule has 0 N–H and O–H groups in total. The van der Waals surface area contributed by atoms with Gasteiger partial charge >= 0.3 is 0 Å². The standard InChI is InChI=1S/C21H22N8O/c1-16-11-19(29-21(25-16)22-15-24-29)26-7-9-27(10-8-26)20(30)12-17-13-23-28(14-17)18-5-3-2-4-6-18/h2-6,11,13-15H,7-10,12H2,1H3. The quantitative estimate of drug-likeness (QED) is 0.515. The Kier molecular flexibility index (Phi) is 4.62. The number of anilines is 1. The van der Waals surface area contributed by atoms with Gasteiger partial charge in [0.15, 0.2) is 0 Å². The maximum Gasteiger partial charge on any atom is 0.254 e. The van der Waals surface area contributed by atoms with Crippen molar-refractivity contribution in [2.24, 2.45) is 0 Å². The van der Waals surface area contributed by atoms with Crippen LogP contribution < -0.4 is 4.90 Å². The van der Waals surface area contributed by atoms with Crippen molar-refractivity contribution >= 4 is 17.5 Å². The second-order valence-electron chi connectivity index (χ2n) is 7.40. The fourth-order valence-electron chi connectivity index (χ4n) is 3.78. The Bertz CT molecular complexity index is 1170. The van der Waals surface area contributed by atoms with E-state index in [1.54, 1.807) is 15.4 Å². The minimum absolute atomic E-state index is 0.124. The van der Waals surface area contributed by atoms with Gasteiger partial charge in [0.05, 0.1) is 18.3 Å². The number of aromatic nitrogens is 6. The monoisotopic (exact) mass is 402 g/mol. The van der Waals surface area contributed by atoms with E-state index in [0.29, 0.717) is 25.3 Å². The topological polar surface area (TPSA) is 84.5 Å². The first kappa shape index (κ1) is 18.3. The largest absolute Gasteiger partial charge is 0.353 e. The minimum atomic E-state index is 0.124. The summed E-state index contributed by atoms with van der Waals surface area (Å²) in [4.78, 5) is 25.5. The van der Waals surface area contributed by atoms with Gasteiger partial charge in [-0.3, -0.25) is 4.79 Å². The molecule has 0 unspecified atom stereocenters. The summed E-state index contributed by atoms with van der Waals surface area (Å²) < 4.78 is 3.55. The van der Waals surface area contributed by atoms with Crippen LogP contribution in [0.15, 0.2) is 55.1 Å². The third kappa shape index (κ3) is 3.49. The lowest BCUT2D eigenvalue weighted by atomic mass is 10.2. The van der Waals surface area contributed by atoms with Gasteiger partial charge in [0, 0.05) is 44.1 Å². The van der Waals surface area contributed by atoms with Crippen LogP contribution in [0.3, 0.4) is 0 Å². The molecule has 9 nitrogen and oxygen atoms in total. The van der Waals surface area contributed by atoms with Crippen LogP contribution >= 0.6 is 0 Å². The average molecular weight is 402 g/mol. The van der Waals surface area contributed by atoms with E-state index in [9.17, 15) is 4.79 Å². The molecule has 1 fully saturated rings. The highest BCUT2D eigenvalue weighted by molar-refractivity contribution is 5.79. The lowest BCUT2D eigenvalue weighted by Gasteiger charge is -2.36. The molecule has 0 atom stereocenters. The molecule has 0 saturated carbocycles. The van der Waals surface area contributed by atoms with Crippen molar-refractivity contribution < 1.29 is 4.79 Å². The Balaban J connectivity index is 1.23. The molecule has 3 aromatic heterocycles. The molecule has 0 bridgehead atoms. The fraction of sp³-hybridized carbons (Fsp3) is 0.286. The van der Waals surface area contributed by atoms with E-state index in [-0.39, 0.29) is 5.91 Å². The van der Waals surface area contributed by atoms with Crippen LogP contribution in [0.1, 0.15) is 11.3 Å². The summed E-state index contributed by atoms with van der Waals surface area (Å²) in [6, 6.07) is 11.9. The molecule has 1 aliphatic rings. The summed E-state index contributed by atoms with van der Waals surface area (Å²) in [5.74, 6) is 1.68. The summed E-state index contributed by atoms with van der Waals surface area (Å²) in [5.41, 5.74) is 2.80. The highest BCUT2D eigenvalue weighted by Crippen LogP contribution is 2.18. The van der Waals surface area contributed by atoms with Crippen LogP contribution in [-0.4, -0.2) is 66.3 Å². The lowest BCUT2D eigenvalue weighted by Crippen LogP contribution is -2.49. The highest BCUT2D eigenvalue weighted by Gasteiger charge is 2.23. The molecule has 1 amide bonds. The zero-order valence-electron chi connectivity index (χ0n) is 16.7. The first-order valence-electron chi connectivity index (χ1n) is 9.96. The fourth-order valence-corrected chi connectivity index (χ4v) is 3.78. The second-order valence-corrected chi connectivity index (χ2v) is 7.40. The minimum Gasteiger partial charge on any atom is -0.353 e. The summed E-state index contributed by atoms with van der Waals surface area (Å²) >= 11 is 0. The molecule has 30 heavy (non-hydrogen) atoms. The number of fused-ring (bicyclic) bond motifs is 1. The predicted molar refractivity (Wildman–Crippen MR) is 112 cm³/mol. The van der Waals surface area contributed by atoms with Gasteiger partial charge in [-0.15, -0.1) is 0 Å². The molecular weight excluding hydrogens is 380 g/mol. The van der Waals surface area contributed by atoms with Crippen LogP contribution in [0.2, 0.25) is 0 Å². The van der Waals surface area contributed by atoms with Crippen molar-refractivity contribution in [3.63, 3.8) is 0 Å². The average Bonchev–Trinajstić information content (AvgIpc) is 3.43. The number of benzene rings is 1. The first-order valence-corrected chi connectivity index (χ1v) is 9.96. The number of amides is 1. The SMILES string of the molecule is Cc1cc(N2CCN(C(=O)Cc3cnn(-c4ccccc4)c3)CC2)n2ncnc2n1. The molecule has 1 saturated heterocycles. The number of carbonyl (C=O) groups is 1. The van der Waals surface area contributed by atoms with Crippen molar-refractivity contribution in [3.05, 3.63) is 66.4 Å². The number of aryl methyl sites for hydroxylation is 1. The number of hydrogen-bond donors (Lipinski definition) is 0. The van der Waals surface area contributed by atoms with Crippen molar-refractivity contribution in [1.82, 2.24) is 34.3 Å². The Hall–Kier alpha value is -3.75. The van der Waals surface area contributed by atoms with E-state index in [1.807, 2.05) is 54.4 Å². The maximum absolute atomic E-state index is 12.8. The van der Waals surface area contributed by atoms with Crippen LogP contribution in [0.25, 0.3) is 11.5 Å². The Labute approximate surface area is 173 Å². The van der Waals surface area contributed by atoms with E-state index in [1.165, 1.54) is 6.33 Å². The van der Waals surface area contributed by atoms with Crippen LogP contribution in [-0.2, 0) is 11.2 Å². The zero-order chi connectivity index (χ0) is 20.5. The van der Waals surface area contributed by atoms with E-state index in [2.05, 4.69) is 25.1 Å². The molecule has 4 heterocycles. The Morgan fingerprint density at radius 1 is 1.07 bits per heavy atom. The van der Waals surface area contributed by atoms with E-state index in [0.717, 1.165) is 35.9 Å². The van der Waals surface area contributed by atoms with Crippen molar-refractivity contribution in [2.75, 3.05) is 31.1 Å². The van der Waals surface area contributed by atoms with E-state index >= 15 is 0 Å². The Morgan fingerprint density at radius 2 is 1.87 bits per heavy atom. The van der Waals surface area contributed by atoms with E-state index < -0.39 is 0 Å². The van der Waals surface area contributed by atoms with Gasteiger partial charge in [-0.25, -0.2) is 9.67 Å². The molecule has 9 heteroatoms. The van der Waals surface area contributed by atoms with Gasteiger partial charge in [0.25, 0.3) is 5.78 Å². The summed E-state index contributed by atoms with van der Waals surface area (Å²) in [7, 11) is 0. The molecule has 1 aliphatic heterocycles. The third-order valence-electron chi connectivity index (χ3n) is 5.33. The van der Waals surface area contributed by atoms with Gasteiger partial charge in [0.1, 0.15) is 12.1 Å².